The molecule has 0 saturated carbocycles. The van der Waals surface area contributed by atoms with Crippen molar-refractivity contribution < 1.29 is 80.5 Å². The first-order valence-corrected chi connectivity index (χ1v) is 21.5. The molecular formula is C26H44N7O17P3S. The van der Waals surface area contributed by atoms with E-state index < -0.39 is 84.6 Å². The first-order valence-electron chi connectivity index (χ1n) is 16.0. The Labute approximate surface area is 312 Å². The van der Waals surface area contributed by atoms with Crippen LogP contribution in [0.3, 0.4) is 0 Å². The monoisotopic (exact) mass is 851 g/mol. The van der Waals surface area contributed by atoms with Crippen LogP contribution in [0.4, 0.5) is 5.82 Å². The van der Waals surface area contributed by atoms with E-state index in [4.69, 9.17) is 19.5 Å². The second-order valence-electron chi connectivity index (χ2n) is 12.5. The Kier molecular flexibility index (Phi) is 16.3. The number of nitrogen functional groups attached to an aromatic ring is 1. The van der Waals surface area contributed by atoms with E-state index >= 15 is 0 Å². The van der Waals surface area contributed by atoms with Crippen LogP contribution in [-0.4, -0.2) is 123 Å². The van der Waals surface area contributed by atoms with Crippen LogP contribution < -0.4 is 16.4 Å². The van der Waals surface area contributed by atoms with Crippen molar-refractivity contribution in [3.8, 4) is 0 Å². The molecule has 54 heavy (non-hydrogen) atoms. The fourth-order valence-corrected chi connectivity index (χ4v) is 8.28. The van der Waals surface area contributed by atoms with Gasteiger partial charge in [0.25, 0.3) is 0 Å². The van der Waals surface area contributed by atoms with E-state index in [2.05, 4.69) is 34.4 Å². The highest BCUT2D eigenvalue weighted by molar-refractivity contribution is 8.13. The number of nitrogens with two attached hydrogens (primary N) is 1. The first kappa shape index (κ1) is 45.9. The van der Waals surface area contributed by atoms with Crippen LogP contribution in [0.1, 0.15) is 46.8 Å². The van der Waals surface area contributed by atoms with Gasteiger partial charge >= 0.3 is 23.5 Å². The molecule has 2 aromatic heterocycles. The highest BCUT2D eigenvalue weighted by Crippen LogP contribution is 2.61. The lowest BCUT2D eigenvalue weighted by Gasteiger charge is -2.30. The molecule has 0 radical (unpaired) electrons. The van der Waals surface area contributed by atoms with Gasteiger partial charge in [-0.1, -0.05) is 39.5 Å². The van der Waals surface area contributed by atoms with Crippen molar-refractivity contribution >= 4 is 69.1 Å². The summed E-state index contributed by atoms with van der Waals surface area (Å²) in [7, 11) is -16.4. The number of amides is 2. The highest BCUT2D eigenvalue weighted by atomic mass is 32.2. The average Bonchev–Trinajstić information content (AvgIpc) is 3.64. The topological polar surface area (TPSA) is 364 Å². The van der Waals surface area contributed by atoms with Crippen molar-refractivity contribution in [3.05, 3.63) is 12.7 Å². The van der Waals surface area contributed by atoms with Gasteiger partial charge in [-0.25, -0.2) is 28.6 Å². The molecule has 0 aliphatic carbocycles. The Balaban J connectivity index is 1.51. The lowest BCUT2D eigenvalue weighted by Crippen LogP contribution is -2.46. The number of phosphoric acid groups is 3. The molecule has 3 heterocycles. The number of rotatable bonds is 21. The maximum atomic E-state index is 12.7. The molecule has 8 atom stereocenters. The molecule has 10 N–H and O–H groups in total. The van der Waals surface area contributed by atoms with Gasteiger partial charge in [-0.05, 0) is 6.42 Å². The number of hydrogen-bond donors (Lipinski definition) is 9. The molecule has 0 aromatic carbocycles. The molecule has 1 saturated heterocycles. The third-order valence-corrected chi connectivity index (χ3v) is 12.0. The third kappa shape index (κ3) is 13.4. The average molecular weight is 852 g/mol. The van der Waals surface area contributed by atoms with Crippen LogP contribution in [0.15, 0.2) is 12.7 Å². The van der Waals surface area contributed by atoms with E-state index in [-0.39, 0.29) is 47.5 Å². The summed E-state index contributed by atoms with van der Waals surface area (Å²) < 4.78 is 62.0. The second-order valence-corrected chi connectivity index (χ2v) is 17.9. The van der Waals surface area contributed by atoms with E-state index in [1.54, 1.807) is 0 Å². The maximum absolute atomic E-state index is 12.7. The number of anilines is 1. The minimum absolute atomic E-state index is 0.0173. The number of aliphatic hydroxyl groups is 2. The Morgan fingerprint density at radius 2 is 1.74 bits per heavy atom. The van der Waals surface area contributed by atoms with Crippen LogP contribution >= 0.6 is 35.2 Å². The quantitative estimate of drug-likeness (QED) is 0.0575. The van der Waals surface area contributed by atoms with Gasteiger partial charge in [-0.15, -0.1) is 0 Å². The van der Waals surface area contributed by atoms with Gasteiger partial charge in [0.1, 0.15) is 36.3 Å². The summed E-state index contributed by atoms with van der Waals surface area (Å²) in [6.45, 7) is 4.23. The van der Waals surface area contributed by atoms with Gasteiger partial charge in [-0.3, -0.25) is 32.5 Å². The summed E-state index contributed by atoms with van der Waals surface area (Å²) in [5, 5.41) is 26.3. The summed E-state index contributed by atoms with van der Waals surface area (Å²) in [6.07, 6.45) is -6.18. The van der Waals surface area contributed by atoms with E-state index in [9.17, 15) is 57.9 Å². The smallest absolute Gasteiger partial charge is 0.386 e. The number of imidazole rings is 1. The van der Waals surface area contributed by atoms with E-state index in [0.29, 0.717) is 12.2 Å². The molecule has 0 bridgehead atoms. The highest BCUT2D eigenvalue weighted by Gasteiger charge is 2.50. The molecule has 1 fully saturated rings. The van der Waals surface area contributed by atoms with Crippen LogP contribution in [0.25, 0.3) is 11.2 Å². The number of hydrogen-bond acceptors (Lipinski definition) is 18. The van der Waals surface area contributed by atoms with Crippen molar-refractivity contribution in [2.75, 3.05) is 37.8 Å². The maximum Gasteiger partial charge on any atom is 0.481 e. The normalized spacial score (nSPS) is 22.6. The number of nitrogens with zero attached hydrogens (tertiary/aromatic N) is 4. The lowest BCUT2D eigenvalue weighted by molar-refractivity contribution is -0.137. The fraction of sp³-hybridized carbons (Fsp3) is 0.692. The molecule has 306 valence electrons. The van der Waals surface area contributed by atoms with Gasteiger partial charge in [0.15, 0.2) is 22.8 Å². The van der Waals surface area contributed by atoms with E-state index in [1.807, 2.05) is 13.8 Å². The van der Waals surface area contributed by atoms with Crippen LogP contribution in [0, 0.1) is 11.3 Å². The van der Waals surface area contributed by atoms with Crippen molar-refractivity contribution in [1.29, 1.82) is 0 Å². The largest absolute Gasteiger partial charge is 0.481 e. The molecule has 2 amide bonds. The van der Waals surface area contributed by atoms with Gasteiger partial charge < -0.3 is 50.9 Å². The molecule has 1 aliphatic rings. The number of ether oxygens (including phenoxy) is 1. The zero-order valence-corrected chi connectivity index (χ0v) is 32.9. The van der Waals surface area contributed by atoms with Gasteiger partial charge in [-0.2, -0.15) is 4.31 Å². The Morgan fingerprint density at radius 1 is 1.07 bits per heavy atom. The first-order chi connectivity index (χ1) is 25.0. The number of fused-ring (bicyclic) bond motifs is 1. The Morgan fingerprint density at radius 3 is 2.39 bits per heavy atom. The molecule has 1 aliphatic heterocycles. The summed E-state index contributed by atoms with van der Waals surface area (Å²) in [5.41, 5.74) is 4.27. The number of aromatic nitrogens is 4. The summed E-state index contributed by atoms with van der Waals surface area (Å²) >= 11 is 1.10. The molecule has 2 aromatic rings. The molecule has 28 heteroatoms. The Bertz CT molecular complexity index is 1780. The third-order valence-electron chi connectivity index (χ3n) is 7.76. The van der Waals surface area contributed by atoms with Crippen LogP contribution in [0.5, 0.6) is 0 Å². The standard InChI is InChI=1S/C26H44N7O17P3S/c1-5-14(2)25(38)54-9-8-28-16(34)6-7-29-23(37)20(36)26(3,4)11-47-53(44,45)50-52(42,43)46-10-15-19(49-51(39,40)41)18(35)24(48-15)33-13-32-17-21(27)30-12-31-22(17)33/h12-15,18-20,24,35-36H,5-11H2,1-4H3,(H,28,34)(H,29,37)(H,42,43)(H,44,45)(H2,27,30,31)(H2,39,40,41)/t14-,15+,18+,19+,20?,24+/m0/s1. The number of aliphatic hydroxyl groups excluding tert-OH is 2. The minimum Gasteiger partial charge on any atom is -0.386 e. The number of carbonyl (C=O) groups excluding carboxylic acids is 3. The molecule has 3 unspecified atom stereocenters. The van der Waals surface area contributed by atoms with E-state index in [1.165, 1.54) is 13.8 Å². The zero-order valence-electron chi connectivity index (χ0n) is 29.4. The van der Waals surface area contributed by atoms with Crippen molar-refractivity contribution in [2.24, 2.45) is 11.3 Å². The van der Waals surface area contributed by atoms with Crippen LogP contribution in [-0.2, 0) is 50.7 Å². The minimum atomic E-state index is -5.56. The number of carbonyl (C=O) groups is 3. The number of nitrogens with one attached hydrogen (secondary N) is 2. The van der Waals surface area contributed by atoms with Gasteiger partial charge in [0.2, 0.25) is 11.8 Å². The lowest BCUT2D eigenvalue weighted by atomic mass is 9.87. The fourth-order valence-electron chi connectivity index (χ4n) is 4.59. The SMILES string of the molecule is CC[C@H](C)C(=O)SCCNC(=O)CCNC(=O)C(O)C(C)(C)COP(=O)(O)OP(=O)(O)OC[C@H]1O[C@@H](n2cnc3c(N)ncnc32)[C@H](O)[C@@H]1OP(=O)(O)O. The predicted octanol–water partition coefficient (Wildman–Crippen LogP) is -0.289. The number of phosphoric ester groups is 3. The second kappa shape index (κ2) is 19.1. The van der Waals surface area contributed by atoms with Gasteiger partial charge in [0, 0.05) is 36.6 Å². The van der Waals surface area contributed by atoms with Gasteiger partial charge in [0.05, 0.1) is 19.5 Å². The van der Waals surface area contributed by atoms with Crippen molar-refractivity contribution in [2.45, 2.75) is 71.2 Å². The molecule has 3 rings (SSSR count). The van der Waals surface area contributed by atoms with E-state index in [0.717, 1.165) is 29.0 Å². The van der Waals surface area contributed by atoms with Crippen molar-refractivity contribution in [3.63, 3.8) is 0 Å². The molecule has 24 nitrogen and oxygen atoms in total. The summed E-state index contributed by atoms with van der Waals surface area (Å²) in [4.78, 5) is 87.3. The van der Waals surface area contributed by atoms with Crippen LogP contribution in [0.2, 0.25) is 0 Å². The summed E-state index contributed by atoms with van der Waals surface area (Å²) in [6, 6.07) is 0. The zero-order chi connectivity index (χ0) is 40.6. The van der Waals surface area contributed by atoms with Crippen molar-refractivity contribution in [1.82, 2.24) is 30.2 Å². The Hall–Kier alpha value is -2.44. The molecule has 0 spiro atoms. The summed E-state index contributed by atoms with van der Waals surface area (Å²) in [5.74, 6) is -1.16. The molecular weight excluding hydrogens is 807 g/mol. The predicted molar refractivity (Wildman–Crippen MR) is 187 cm³/mol. The number of thioether (sulfide) groups is 1.